The van der Waals surface area contributed by atoms with Crippen molar-refractivity contribution in [3.8, 4) is 0 Å². The first-order valence-corrected chi connectivity index (χ1v) is 8.37. The van der Waals surface area contributed by atoms with Gasteiger partial charge in [-0.3, -0.25) is 0 Å². The summed E-state index contributed by atoms with van der Waals surface area (Å²) in [6.07, 6.45) is -1.90. The van der Waals surface area contributed by atoms with Gasteiger partial charge in [0.15, 0.2) is 0 Å². The predicted octanol–water partition coefficient (Wildman–Crippen LogP) is 3.03. The molecule has 140 valence electrons. The predicted molar refractivity (Wildman–Crippen MR) is 92.4 cm³/mol. The molecule has 2 N–H and O–H groups in total. The van der Waals surface area contributed by atoms with Gasteiger partial charge in [0.1, 0.15) is 0 Å². The number of carbonyl (C=O) groups is 2. The molecule has 1 aromatic carbocycles. The molecular weight excluding hydrogens is 324 g/mol. The first kappa shape index (κ1) is 21.1. The minimum atomic E-state index is -1.12. The largest absolute Gasteiger partial charge is 0.392 e. The minimum absolute atomic E-state index is 0.0734. The highest BCUT2D eigenvalue weighted by molar-refractivity contribution is 5.91. The summed E-state index contributed by atoms with van der Waals surface area (Å²) in [5, 5.41) is 21.2. The van der Waals surface area contributed by atoms with Crippen LogP contribution in [0.2, 0.25) is 0 Å². The van der Waals surface area contributed by atoms with Crippen LogP contribution in [-0.4, -0.2) is 28.3 Å². The van der Waals surface area contributed by atoms with Crippen LogP contribution in [0.25, 0.3) is 0 Å². The Balaban J connectivity index is 3.07. The molecule has 0 amide bonds. The van der Waals surface area contributed by atoms with Crippen molar-refractivity contribution < 1.29 is 29.6 Å². The van der Waals surface area contributed by atoms with Crippen LogP contribution in [-0.2, 0) is 14.6 Å². The Morgan fingerprint density at radius 3 is 2.08 bits per heavy atom. The number of aliphatic hydroxyl groups is 2. The van der Waals surface area contributed by atoms with Crippen LogP contribution in [0.5, 0.6) is 0 Å². The number of aliphatic hydroxyl groups excluding tert-OH is 2. The average molecular weight is 352 g/mol. The molecule has 0 bridgehead atoms. The normalized spacial score (nSPS) is 14.3. The zero-order chi connectivity index (χ0) is 19.4. The number of hydrogen-bond donors (Lipinski definition) is 2. The van der Waals surface area contributed by atoms with Gasteiger partial charge in [-0.15, -0.1) is 0 Å². The summed E-state index contributed by atoms with van der Waals surface area (Å²) in [6, 6.07) is 6.35. The highest BCUT2D eigenvalue weighted by Gasteiger charge is 2.39. The van der Waals surface area contributed by atoms with Gasteiger partial charge in [0.25, 0.3) is 0 Å². The van der Waals surface area contributed by atoms with Crippen LogP contribution in [0.3, 0.4) is 0 Å². The monoisotopic (exact) mass is 352 g/mol. The number of hydrogen-bond acceptors (Lipinski definition) is 6. The van der Waals surface area contributed by atoms with E-state index in [4.69, 9.17) is 0 Å². The number of carbonyl (C=O) groups excluding carboxylic acids is 2. The summed E-state index contributed by atoms with van der Waals surface area (Å²) < 4.78 is 0. The molecule has 0 heterocycles. The lowest BCUT2D eigenvalue weighted by Gasteiger charge is -2.38. The quantitative estimate of drug-likeness (QED) is 0.604. The molecule has 0 radical (unpaired) electrons. The van der Waals surface area contributed by atoms with Gasteiger partial charge in [-0.25, -0.2) is 19.4 Å². The standard InChI is InChI=1S/C19H28O6/c1-11(2)15(20)19(5,6)16(21)13-9-7-8-10-14(13)18(23)25-24-17(22)12(3)4/h7-12,15-16,20-21H,1-6H3. The molecule has 6 nitrogen and oxygen atoms in total. The average Bonchev–Trinajstić information content (AvgIpc) is 2.57. The molecule has 2 unspecified atom stereocenters. The molecule has 6 heteroatoms. The van der Waals surface area contributed by atoms with E-state index in [1.807, 2.05) is 13.8 Å². The smallest absolute Gasteiger partial charge is 0.386 e. The van der Waals surface area contributed by atoms with Crippen LogP contribution < -0.4 is 0 Å². The fraction of sp³-hybridized carbons (Fsp3) is 0.579. The third kappa shape index (κ3) is 5.03. The van der Waals surface area contributed by atoms with E-state index in [0.29, 0.717) is 5.56 Å². The lowest BCUT2D eigenvalue weighted by Crippen LogP contribution is -2.39. The summed E-state index contributed by atoms with van der Waals surface area (Å²) in [6.45, 7) is 10.4. The molecule has 0 aliphatic rings. The number of benzene rings is 1. The maximum atomic E-state index is 12.3. The van der Waals surface area contributed by atoms with Gasteiger partial charge in [-0.05, 0) is 17.5 Å². The maximum Gasteiger partial charge on any atom is 0.386 e. The zero-order valence-corrected chi connectivity index (χ0v) is 15.6. The van der Waals surface area contributed by atoms with Crippen molar-refractivity contribution in [3.05, 3.63) is 35.4 Å². The fourth-order valence-corrected chi connectivity index (χ4v) is 2.56. The first-order chi connectivity index (χ1) is 11.5. The Kier molecular flexibility index (Phi) is 7.14. The van der Waals surface area contributed by atoms with Crippen LogP contribution in [0.1, 0.15) is 63.6 Å². The lowest BCUT2D eigenvalue weighted by molar-refractivity contribution is -0.237. The van der Waals surface area contributed by atoms with Crippen molar-refractivity contribution in [1.82, 2.24) is 0 Å². The van der Waals surface area contributed by atoms with Crippen molar-refractivity contribution in [3.63, 3.8) is 0 Å². The molecular formula is C19H28O6. The first-order valence-electron chi connectivity index (χ1n) is 8.37. The van der Waals surface area contributed by atoms with Crippen molar-refractivity contribution in [1.29, 1.82) is 0 Å². The SMILES string of the molecule is CC(C)C(=O)OOC(=O)c1ccccc1C(O)C(C)(C)C(O)C(C)C. The Bertz CT molecular complexity index is 606. The summed E-state index contributed by atoms with van der Waals surface area (Å²) in [7, 11) is 0. The maximum absolute atomic E-state index is 12.3. The van der Waals surface area contributed by atoms with Crippen LogP contribution in [0.4, 0.5) is 0 Å². The Labute approximate surface area is 148 Å². The second-order valence-electron chi connectivity index (χ2n) is 7.43. The van der Waals surface area contributed by atoms with E-state index in [-0.39, 0.29) is 11.5 Å². The van der Waals surface area contributed by atoms with E-state index < -0.39 is 35.5 Å². The van der Waals surface area contributed by atoms with Crippen molar-refractivity contribution in [2.24, 2.45) is 17.3 Å². The van der Waals surface area contributed by atoms with Gasteiger partial charge in [-0.1, -0.05) is 59.7 Å². The van der Waals surface area contributed by atoms with E-state index in [0.717, 1.165) is 0 Å². The molecule has 1 aromatic rings. The lowest BCUT2D eigenvalue weighted by atomic mass is 9.73. The molecule has 1 rings (SSSR count). The van der Waals surface area contributed by atoms with Gasteiger partial charge in [0, 0.05) is 5.41 Å². The third-order valence-electron chi connectivity index (χ3n) is 4.24. The third-order valence-corrected chi connectivity index (χ3v) is 4.24. The molecule has 0 saturated carbocycles. The molecule has 0 aromatic heterocycles. The molecule has 0 saturated heterocycles. The van der Waals surface area contributed by atoms with Gasteiger partial charge in [-0.2, -0.15) is 0 Å². The van der Waals surface area contributed by atoms with Gasteiger partial charge >= 0.3 is 11.9 Å². The minimum Gasteiger partial charge on any atom is -0.392 e. The Morgan fingerprint density at radius 1 is 1.00 bits per heavy atom. The second kappa shape index (κ2) is 8.45. The molecule has 2 atom stereocenters. The van der Waals surface area contributed by atoms with Crippen molar-refractivity contribution >= 4 is 11.9 Å². The van der Waals surface area contributed by atoms with Crippen LogP contribution in [0, 0.1) is 17.3 Å². The molecule has 0 aliphatic heterocycles. The number of rotatable bonds is 6. The molecule has 25 heavy (non-hydrogen) atoms. The van der Waals surface area contributed by atoms with E-state index >= 15 is 0 Å². The zero-order valence-electron chi connectivity index (χ0n) is 15.6. The Morgan fingerprint density at radius 2 is 1.56 bits per heavy atom. The second-order valence-corrected chi connectivity index (χ2v) is 7.43. The summed E-state index contributed by atoms with van der Waals surface area (Å²) in [5.74, 6) is -2.05. The van der Waals surface area contributed by atoms with E-state index in [1.165, 1.54) is 6.07 Å². The van der Waals surface area contributed by atoms with Crippen LogP contribution >= 0.6 is 0 Å². The fourth-order valence-electron chi connectivity index (χ4n) is 2.56. The summed E-state index contributed by atoms with van der Waals surface area (Å²) >= 11 is 0. The Hall–Kier alpha value is -1.92. The molecule has 0 spiro atoms. The summed E-state index contributed by atoms with van der Waals surface area (Å²) in [5.41, 5.74) is -0.521. The van der Waals surface area contributed by atoms with Crippen molar-refractivity contribution in [2.75, 3.05) is 0 Å². The molecule has 0 aliphatic carbocycles. The van der Waals surface area contributed by atoms with Crippen LogP contribution in [0.15, 0.2) is 24.3 Å². The van der Waals surface area contributed by atoms with E-state index in [9.17, 15) is 19.8 Å². The van der Waals surface area contributed by atoms with E-state index in [1.54, 1.807) is 45.9 Å². The highest BCUT2D eigenvalue weighted by Crippen LogP contribution is 2.40. The van der Waals surface area contributed by atoms with Gasteiger partial charge in [0.05, 0.1) is 23.7 Å². The topological polar surface area (TPSA) is 93.1 Å². The van der Waals surface area contributed by atoms with Gasteiger partial charge in [0.2, 0.25) is 0 Å². The van der Waals surface area contributed by atoms with E-state index in [2.05, 4.69) is 9.78 Å². The molecule has 0 fully saturated rings. The van der Waals surface area contributed by atoms with Gasteiger partial charge < -0.3 is 10.2 Å². The summed E-state index contributed by atoms with van der Waals surface area (Å²) in [4.78, 5) is 32.8. The van der Waals surface area contributed by atoms with Crippen molar-refractivity contribution in [2.45, 2.75) is 53.8 Å². The highest BCUT2D eigenvalue weighted by atomic mass is 17.2.